The molecule has 0 aliphatic carbocycles. The Morgan fingerprint density at radius 3 is 2.61 bits per heavy atom. The van der Waals surface area contributed by atoms with Crippen LogP contribution in [0, 0.1) is 0 Å². The van der Waals surface area contributed by atoms with E-state index in [0.29, 0.717) is 0 Å². The van der Waals surface area contributed by atoms with Crippen LogP contribution < -0.4 is 10.6 Å². The molecule has 8 heteroatoms. The van der Waals surface area contributed by atoms with Gasteiger partial charge >= 0.3 is 12.0 Å². The number of carbonyl (C=O) groups is 2. The number of hydrogen-bond donors (Lipinski definition) is 4. The van der Waals surface area contributed by atoms with E-state index in [1.54, 1.807) is 12.1 Å². The molecule has 6 nitrogen and oxygen atoms in total. The molecule has 1 rings (SSSR count). The fourth-order valence-electron chi connectivity index (χ4n) is 1.04. The molecule has 2 amide bonds. The Morgan fingerprint density at radius 1 is 1.33 bits per heavy atom. The molecule has 0 aromatic heterocycles. The van der Waals surface area contributed by atoms with E-state index in [9.17, 15) is 9.59 Å². The molecule has 0 bridgehead atoms. The fraction of sp³-hybridized carbons (Fsp3) is 0.200. The number of carboxylic acids is 1. The normalized spacial score (nSPS) is 11.7. The van der Waals surface area contributed by atoms with Crippen LogP contribution in [0.3, 0.4) is 0 Å². The van der Waals surface area contributed by atoms with Crippen molar-refractivity contribution in [3.05, 3.63) is 28.2 Å². The minimum atomic E-state index is -1.66. The van der Waals surface area contributed by atoms with Gasteiger partial charge in [0.25, 0.3) is 0 Å². The van der Waals surface area contributed by atoms with Crippen LogP contribution in [0.25, 0.3) is 0 Å². The van der Waals surface area contributed by atoms with Gasteiger partial charge in [-0.25, -0.2) is 9.59 Å². The van der Waals surface area contributed by atoms with Gasteiger partial charge in [0, 0.05) is 0 Å². The predicted octanol–water partition coefficient (Wildman–Crippen LogP) is 1.56. The van der Waals surface area contributed by atoms with E-state index < -0.39 is 24.6 Å². The summed E-state index contributed by atoms with van der Waals surface area (Å²) in [4.78, 5) is 21.7. The van der Waals surface area contributed by atoms with E-state index in [1.807, 2.05) is 0 Å². The highest BCUT2D eigenvalue weighted by Gasteiger charge is 2.14. The lowest BCUT2D eigenvalue weighted by Gasteiger charge is -2.10. The number of urea groups is 1. The molecule has 18 heavy (non-hydrogen) atoms. The topological polar surface area (TPSA) is 98.7 Å². The Bertz CT molecular complexity index is 467. The number of aliphatic hydroxyl groups excluding tert-OH is 1. The lowest BCUT2D eigenvalue weighted by Crippen LogP contribution is -2.38. The number of aliphatic carboxylic acids is 1. The van der Waals surface area contributed by atoms with Crippen molar-refractivity contribution < 1.29 is 19.8 Å². The summed E-state index contributed by atoms with van der Waals surface area (Å²) in [6, 6.07) is 3.98. The number of anilines is 1. The second-order valence-corrected chi connectivity index (χ2v) is 4.08. The number of carbonyl (C=O) groups excluding carboxylic acids is 1. The minimum Gasteiger partial charge on any atom is -0.479 e. The van der Waals surface area contributed by atoms with Gasteiger partial charge in [-0.3, -0.25) is 0 Å². The number of carboxylic acid groups (broad SMARTS) is 1. The molecular weight excluding hydrogens is 283 g/mol. The van der Waals surface area contributed by atoms with Gasteiger partial charge in [-0.1, -0.05) is 29.3 Å². The molecule has 0 spiro atoms. The van der Waals surface area contributed by atoms with Gasteiger partial charge in [-0.2, -0.15) is 0 Å². The van der Waals surface area contributed by atoms with Crippen molar-refractivity contribution in [1.29, 1.82) is 0 Å². The molecule has 0 unspecified atom stereocenters. The summed E-state index contributed by atoms with van der Waals surface area (Å²) in [5.41, 5.74) is 0.284. The summed E-state index contributed by atoms with van der Waals surface area (Å²) in [5, 5.41) is 22.4. The van der Waals surface area contributed by atoms with Crippen molar-refractivity contribution in [3.8, 4) is 0 Å². The van der Waals surface area contributed by atoms with Crippen LogP contribution in [0.5, 0.6) is 0 Å². The number of nitrogens with one attached hydrogen (secondary N) is 2. The third-order valence-electron chi connectivity index (χ3n) is 1.94. The van der Waals surface area contributed by atoms with Crippen LogP contribution >= 0.6 is 23.2 Å². The molecule has 98 valence electrons. The molecule has 0 aliphatic rings. The van der Waals surface area contributed by atoms with Crippen molar-refractivity contribution in [2.45, 2.75) is 6.10 Å². The van der Waals surface area contributed by atoms with Crippen LogP contribution in [-0.2, 0) is 4.79 Å². The van der Waals surface area contributed by atoms with Gasteiger partial charge in [0.15, 0.2) is 6.10 Å². The van der Waals surface area contributed by atoms with Crippen molar-refractivity contribution in [1.82, 2.24) is 5.32 Å². The van der Waals surface area contributed by atoms with E-state index in [2.05, 4.69) is 10.6 Å². The smallest absolute Gasteiger partial charge is 0.334 e. The Labute approximate surface area is 113 Å². The summed E-state index contributed by atoms with van der Waals surface area (Å²) in [6.07, 6.45) is -1.66. The van der Waals surface area contributed by atoms with Crippen LogP contribution in [0.15, 0.2) is 18.2 Å². The maximum absolute atomic E-state index is 11.4. The zero-order valence-corrected chi connectivity index (χ0v) is 10.5. The van der Waals surface area contributed by atoms with Crippen molar-refractivity contribution in [2.75, 3.05) is 11.9 Å². The molecule has 0 heterocycles. The molecule has 0 saturated heterocycles. The Morgan fingerprint density at radius 2 is 2.00 bits per heavy atom. The summed E-state index contributed by atoms with van der Waals surface area (Å²) in [6.45, 7) is -0.417. The number of aliphatic hydroxyl groups is 1. The zero-order valence-electron chi connectivity index (χ0n) is 8.98. The average Bonchev–Trinajstić information content (AvgIpc) is 2.32. The van der Waals surface area contributed by atoms with Crippen LogP contribution in [0.1, 0.15) is 0 Å². The van der Waals surface area contributed by atoms with E-state index in [-0.39, 0.29) is 15.7 Å². The highest BCUT2D eigenvalue weighted by atomic mass is 35.5. The van der Waals surface area contributed by atoms with E-state index in [1.165, 1.54) is 6.07 Å². The standard InChI is InChI=1S/C10H10Cl2N2O4/c11-5-2-1-3-6(8(5)12)14-10(18)13-4-7(15)9(16)17/h1-3,7,15H,4H2,(H,16,17)(H2,13,14,18)/t7-/m0/s1. The number of amides is 2. The molecular formula is C10H10Cl2N2O4. The first kappa shape index (κ1) is 14.6. The largest absolute Gasteiger partial charge is 0.479 e. The molecule has 0 aliphatic heterocycles. The quantitative estimate of drug-likeness (QED) is 0.677. The van der Waals surface area contributed by atoms with Gasteiger partial charge in [-0.15, -0.1) is 0 Å². The Kier molecular flexibility index (Phi) is 5.21. The Balaban J connectivity index is 2.55. The third-order valence-corrected chi connectivity index (χ3v) is 2.76. The second-order valence-electron chi connectivity index (χ2n) is 3.29. The molecule has 1 atom stereocenters. The summed E-state index contributed by atoms with van der Waals surface area (Å²) < 4.78 is 0. The van der Waals surface area contributed by atoms with Gasteiger partial charge in [0.2, 0.25) is 0 Å². The van der Waals surface area contributed by atoms with Crippen LogP contribution in [-0.4, -0.2) is 34.9 Å². The Hall–Kier alpha value is -1.50. The summed E-state index contributed by atoms with van der Waals surface area (Å²) >= 11 is 11.6. The number of halogens is 2. The number of hydrogen-bond acceptors (Lipinski definition) is 3. The first-order chi connectivity index (χ1) is 8.41. The second kappa shape index (κ2) is 6.44. The highest BCUT2D eigenvalue weighted by Crippen LogP contribution is 2.29. The predicted molar refractivity (Wildman–Crippen MR) is 67.1 cm³/mol. The lowest BCUT2D eigenvalue weighted by molar-refractivity contribution is -0.146. The first-order valence-corrected chi connectivity index (χ1v) is 5.57. The summed E-state index contributed by atoms with van der Waals surface area (Å²) in [5.74, 6) is -1.42. The first-order valence-electron chi connectivity index (χ1n) is 4.81. The van der Waals surface area contributed by atoms with E-state index >= 15 is 0 Å². The van der Waals surface area contributed by atoms with Gasteiger partial charge < -0.3 is 20.8 Å². The SMILES string of the molecule is O=C(NC[C@H](O)C(=O)O)Nc1cccc(Cl)c1Cl. The van der Waals surface area contributed by atoms with Crippen molar-refractivity contribution in [3.63, 3.8) is 0 Å². The minimum absolute atomic E-state index is 0.174. The van der Waals surface area contributed by atoms with Crippen molar-refractivity contribution >= 4 is 40.9 Å². The number of rotatable bonds is 4. The van der Waals surface area contributed by atoms with Gasteiger partial charge in [0.05, 0.1) is 22.3 Å². The molecule has 0 fully saturated rings. The lowest BCUT2D eigenvalue weighted by atomic mass is 10.3. The summed E-state index contributed by atoms with van der Waals surface area (Å²) in [7, 11) is 0. The van der Waals surface area contributed by atoms with Gasteiger partial charge in [0.1, 0.15) is 0 Å². The molecule has 1 aromatic rings. The van der Waals surface area contributed by atoms with Crippen LogP contribution in [0.2, 0.25) is 10.0 Å². The monoisotopic (exact) mass is 292 g/mol. The third kappa shape index (κ3) is 4.06. The molecule has 0 saturated carbocycles. The average molecular weight is 293 g/mol. The molecule has 0 radical (unpaired) electrons. The molecule has 4 N–H and O–H groups in total. The number of benzene rings is 1. The van der Waals surface area contributed by atoms with E-state index in [4.69, 9.17) is 33.4 Å². The van der Waals surface area contributed by atoms with E-state index in [0.717, 1.165) is 0 Å². The fourth-order valence-corrected chi connectivity index (χ4v) is 1.39. The molecule has 1 aromatic carbocycles. The highest BCUT2D eigenvalue weighted by molar-refractivity contribution is 6.43. The maximum atomic E-state index is 11.4. The van der Waals surface area contributed by atoms with Crippen LogP contribution in [0.4, 0.5) is 10.5 Å². The van der Waals surface area contributed by atoms with Gasteiger partial charge in [-0.05, 0) is 12.1 Å². The van der Waals surface area contributed by atoms with Crippen molar-refractivity contribution in [2.24, 2.45) is 0 Å². The maximum Gasteiger partial charge on any atom is 0.334 e. The zero-order chi connectivity index (χ0) is 13.7.